The molecule has 0 radical (unpaired) electrons. The third-order valence-corrected chi connectivity index (χ3v) is 1.08. The Balaban J connectivity index is 0.000001000. The van der Waals surface area contributed by atoms with Crippen LogP contribution >= 0.6 is 0 Å². The van der Waals surface area contributed by atoms with Crippen LogP contribution in [0.25, 0.3) is 0 Å². The Morgan fingerprint density at radius 3 is 2.36 bits per heavy atom. The molecule has 0 saturated carbocycles. The number of rotatable bonds is 0. The first-order valence-electron chi connectivity index (χ1n) is 3.05. The minimum Gasteiger partial charge on any atom is -0.845 e. The van der Waals surface area contributed by atoms with Gasteiger partial charge in [-0.3, -0.25) is 0 Å². The van der Waals surface area contributed by atoms with Gasteiger partial charge in [-0.05, 0) is 12.1 Å². The third kappa shape index (κ3) is 4.23. The summed E-state index contributed by atoms with van der Waals surface area (Å²) in [4.78, 5) is 0. The maximum Gasteiger partial charge on any atom is 1.00 e. The summed E-state index contributed by atoms with van der Waals surface area (Å²) < 4.78 is 0. The Hall–Kier alpha value is -0.260. The molecule has 1 nitrogen and oxygen atoms in total. The van der Waals surface area contributed by atoms with E-state index in [9.17, 15) is 5.11 Å². The van der Waals surface area contributed by atoms with Crippen molar-refractivity contribution in [2.45, 2.75) is 0 Å². The van der Waals surface area contributed by atoms with Crippen LogP contribution in [0.4, 0.5) is 0 Å². The summed E-state index contributed by atoms with van der Waals surface area (Å²) in [6.45, 7) is -0.325. The van der Waals surface area contributed by atoms with Crippen molar-refractivity contribution in [1.29, 1.82) is 0 Å². The molecule has 2 heteroatoms. The van der Waals surface area contributed by atoms with Crippen LogP contribution in [-0.2, 0) is 0 Å². The standard InChI is InChI=1S/C9H7O.Na/c10-8-4-7-9-5-2-1-3-6-9;/h1-3,5-6H,8H2;/q-1;+1. The summed E-state index contributed by atoms with van der Waals surface area (Å²) in [6.07, 6.45) is 0. The molecule has 0 spiro atoms. The molecule has 0 unspecified atom stereocenters. The molecule has 1 aromatic carbocycles. The zero-order valence-electron chi connectivity index (χ0n) is 6.50. The predicted octanol–water partition coefficient (Wildman–Crippen LogP) is -2.60. The maximum absolute atomic E-state index is 9.93. The fourth-order valence-electron chi connectivity index (χ4n) is 0.660. The molecule has 50 valence electrons. The summed E-state index contributed by atoms with van der Waals surface area (Å²) in [7, 11) is 0. The molecule has 0 aliphatic rings. The van der Waals surface area contributed by atoms with Gasteiger partial charge in [-0.2, -0.15) is 0 Å². The third-order valence-electron chi connectivity index (χ3n) is 1.08. The van der Waals surface area contributed by atoms with E-state index in [1.165, 1.54) is 0 Å². The molecule has 1 aromatic rings. The van der Waals surface area contributed by atoms with Crippen molar-refractivity contribution in [3.63, 3.8) is 0 Å². The molecule has 0 amide bonds. The summed E-state index contributed by atoms with van der Waals surface area (Å²) in [6, 6.07) is 9.47. The molecule has 0 heterocycles. The van der Waals surface area contributed by atoms with E-state index >= 15 is 0 Å². The monoisotopic (exact) mass is 154 g/mol. The second-order valence-electron chi connectivity index (χ2n) is 1.81. The SMILES string of the molecule is [Na+].[O-]CC#Cc1ccccc1. The largest absolute Gasteiger partial charge is 1.00 e. The van der Waals surface area contributed by atoms with Crippen LogP contribution < -0.4 is 34.7 Å². The van der Waals surface area contributed by atoms with Gasteiger partial charge in [-0.15, -0.1) is 5.92 Å². The van der Waals surface area contributed by atoms with Crippen molar-refractivity contribution in [2.24, 2.45) is 0 Å². The number of benzene rings is 1. The van der Waals surface area contributed by atoms with E-state index in [0.717, 1.165) is 5.56 Å². The van der Waals surface area contributed by atoms with Gasteiger partial charge in [0.1, 0.15) is 0 Å². The molecule has 11 heavy (non-hydrogen) atoms. The van der Waals surface area contributed by atoms with Crippen LogP contribution in [-0.4, -0.2) is 6.61 Å². The Kier molecular flexibility index (Phi) is 6.30. The zero-order chi connectivity index (χ0) is 7.23. The van der Waals surface area contributed by atoms with Gasteiger partial charge < -0.3 is 5.11 Å². The maximum atomic E-state index is 9.93. The van der Waals surface area contributed by atoms with Gasteiger partial charge in [-0.1, -0.05) is 30.7 Å². The van der Waals surface area contributed by atoms with Gasteiger partial charge in [0.2, 0.25) is 0 Å². The minimum atomic E-state index is -0.325. The molecule has 0 fully saturated rings. The Morgan fingerprint density at radius 2 is 1.82 bits per heavy atom. The van der Waals surface area contributed by atoms with E-state index in [2.05, 4.69) is 11.8 Å². The quantitative estimate of drug-likeness (QED) is 0.297. The topological polar surface area (TPSA) is 23.1 Å². The van der Waals surface area contributed by atoms with E-state index < -0.39 is 0 Å². The molecule has 0 atom stereocenters. The summed E-state index contributed by atoms with van der Waals surface area (Å²) >= 11 is 0. The minimum absolute atomic E-state index is 0. The predicted molar refractivity (Wildman–Crippen MR) is 38.2 cm³/mol. The van der Waals surface area contributed by atoms with Crippen LogP contribution in [0.15, 0.2) is 30.3 Å². The van der Waals surface area contributed by atoms with Gasteiger partial charge in [0.05, 0.1) is 0 Å². The van der Waals surface area contributed by atoms with Crippen LogP contribution in [0.3, 0.4) is 0 Å². The fraction of sp³-hybridized carbons (Fsp3) is 0.111. The first-order valence-corrected chi connectivity index (χ1v) is 3.05. The molecule has 0 N–H and O–H groups in total. The molecule has 1 rings (SSSR count). The molecule has 0 saturated heterocycles. The molecule has 0 aromatic heterocycles. The van der Waals surface area contributed by atoms with Crippen LogP contribution in [0.5, 0.6) is 0 Å². The molecule has 0 aliphatic heterocycles. The molecule has 0 bridgehead atoms. The first-order chi connectivity index (χ1) is 4.93. The van der Waals surface area contributed by atoms with Gasteiger partial charge in [0, 0.05) is 5.56 Å². The van der Waals surface area contributed by atoms with Crippen molar-refractivity contribution in [3.8, 4) is 11.8 Å². The van der Waals surface area contributed by atoms with Crippen molar-refractivity contribution in [1.82, 2.24) is 0 Å². The summed E-state index contributed by atoms with van der Waals surface area (Å²) in [5.41, 5.74) is 0.901. The zero-order valence-corrected chi connectivity index (χ0v) is 8.50. The van der Waals surface area contributed by atoms with Crippen molar-refractivity contribution in [3.05, 3.63) is 35.9 Å². The van der Waals surface area contributed by atoms with E-state index in [1.54, 1.807) is 0 Å². The smallest absolute Gasteiger partial charge is 0.845 e. The molecular formula is C9H7NaO. The Morgan fingerprint density at radius 1 is 1.18 bits per heavy atom. The average Bonchev–Trinajstić information content (AvgIpc) is 2.03. The Bertz CT molecular complexity index is 245. The van der Waals surface area contributed by atoms with Gasteiger partial charge in [-0.25, -0.2) is 0 Å². The van der Waals surface area contributed by atoms with Gasteiger partial charge in [0.15, 0.2) is 0 Å². The Labute approximate surface area is 88.7 Å². The van der Waals surface area contributed by atoms with Crippen molar-refractivity contribution in [2.75, 3.05) is 6.61 Å². The number of hydrogen-bond acceptors (Lipinski definition) is 1. The van der Waals surface area contributed by atoms with Crippen molar-refractivity contribution < 1.29 is 34.7 Å². The number of hydrogen-bond donors (Lipinski definition) is 0. The van der Waals surface area contributed by atoms with E-state index in [1.807, 2.05) is 30.3 Å². The van der Waals surface area contributed by atoms with Crippen LogP contribution in [0, 0.1) is 11.8 Å². The summed E-state index contributed by atoms with van der Waals surface area (Å²) in [5.74, 6) is 5.19. The van der Waals surface area contributed by atoms with E-state index in [4.69, 9.17) is 0 Å². The van der Waals surface area contributed by atoms with E-state index in [-0.39, 0.29) is 36.2 Å². The second kappa shape index (κ2) is 6.45. The average molecular weight is 154 g/mol. The van der Waals surface area contributed by atoms with Gasteiger partial charge >= 0.3 is 29.6 Å². The van der Waals surface area contributed by atoms with Crippen LogP contribution in [0.1, 0.15) is 5.56 Å². The van der Waals surface area contributed by atoms with Crippen LogP contribution in [0.2, 0.25) is 0 Å². The van der Waals surface area contributed by atoms with Crippen molar-refractivity contribution >= 4 is 0 Å². The van der Waals surface area contributed by atoms with Gasteiger partial charge in [0.25, 0.3) is 0 Å². The van der Waals surface area contributed by atoms with E-state index in [0.29, 0.717) is 0 Å². The first kappa shape index (κ1) is 10.7. The fourth-order valence-corrected chi connectivity index (χ4v) is 0.660. The summed E-state index contributed by atoms with van der Waals surface area (Å²) in [5, 5.41) is 9.93. The second-order valence-corrected chi connectivity index (χ2v) is 1.81. The molecule has 0 aliphatic carbocycles. The molecular weight excluding hydrogens is 147 g/mol. The normalized spacial score (nSPS) is 7.36.